The molecule has 5 saturated heterocycles. The predicted octanol–water partition coefficient (Wildman–Crippen LogP) is 5.17. The van der Waals surface area contributed by atoms with E-state index >= 15 is 0 Å². The number of halogens is 3. The van der Waals surface area contributed by atoms with Crippen LogP contribution in [-0.2, 0) is 27.1 Å². The van der Waals surface area contributed by atoms with Crippen molar-refractivity contribution in [2.75, 3.05) is 92.0 Å². The van der Waals surface area contributed by atoms with Gasteiger partial charge in [0.05, 0.1) is 41.8 Å². The zero-order valence-corrected chi connectivity index (χ0v) is 35.9. The van der Waals surface area contributed by atoms with E-state index in [1.807, 2.05) is 35.4 Å². The van der Waals surface area contributed by atoms with Gasteiger partial charge in [-0.05, 0) is 87.3 Å². The number of piperidine rings is 4. The van der Waals surface area contributed by atoms with Crippen molar-refractivity contribution in [1.29, 1.82) is 0 Å². The van der Waals surface area contributed by atoms with Crippen LogP contribution in [0.4, 0.5) is 41.9 Å². The summed E-state index contributed by atoms with van der Waals surface area (Å²) in [4.78, 5) is 76.1. The number of nitrogens with zero attached hydrogens (tertiary/aromatic N) is 9. The molecule has 2 N–H and O–H groups in total. The maximum atomic E-state index is 13.5. The Kier molecular flexibility index (Phi) is 12.5. The van der Waals surface area contributed by atoms with Gasteiger partial charge in [0.1, 0.15) is 17.7 Å². The van der Waals surface area contributed by atoms with Crippen LogP contribution in [0.15, 0.2) is 48.7 Å². The van der Waals surface area contributed by atoms with Gasteiger partial charge in [-0.1, -0.05) is 6.07 Å². The summed E-state index contributed by atoms with van der Waals surface area (Å²) in [7, 11) is 0. The summed E-state index contributed by atoms with van der Waals surface area (Å²) in [5, 5.41) is 5.29. The number of nitrogens with one attached hydrogen (secondary N) is 2. The number of piperazine rings is 1. The van der Waals surface area contributed by atoms with Gasteiger partial charge in [0, 0.05) is 96.1 Å². The summed E-state index contributed by atoms with van der Waals surface area (Å²) in [6.07, 6.45) is 3.10. The minimum Gasteiger partial charge on any atom is -0.372 e. The Morgan fingerprint density at radius 2 is 1.50 bits per heavy atom. The second kappa shape index (κ2) is 18.4. The van der Waals surface area contributed by atoms with E-state index in [4.69, 9.17) is 11.6 Å². The molecule has 1 unspecified atom stereocenters. The first-order valence-electron chi connectivity index (χ1n) is 22.6. The highest BCUT2D eigenvalue weighted by Gasteiger charge is 2.40. The molecule has 0 saturated carbocycles. The molecule has 2 aromatic heterocycles. The van der Waals surface area contributed by atoms with Gasteiger partial charge in [-0.25, -0.2) is 14.8 Å². The van der Waals surface area contributed by atoms with Crippen LogP contribution in [0, 0.1) is 18.4 Å². The lowest BCUT2D eigenvalue weighted by molar-refractivity contribution is -0.138. The topological polar surface area (TPSA) is 142 Å². The SMILES string of the molecule is [C-]#[N+]c1ccc(N2CCC(C(=O)Nc3ccc(N4CCC(CN5CCN(C6CCN(c7ccc8c(n7)CN(C7CCC(=O)NC7=O)C8=O)CC6)CC5)CC4)cn3)CC2)cc1C(F)(F)F. The van der Waals surface area contributed by atoms with E-state index in [9.17, 15) is 32.3 Å². The fraction of sp³-hybridized carbons (Fsp3) is 0.543. The molecule has 0 bridgehead atoms. The number of fused-ring (bicyclic) bond motifs is 1. The first kappa shape index (κ1) is 43.5. The van der Waals surface area contributed by atoms with Gasteiger partial charge in [0.25, 0.3) is 5.91 Å². The molecule has 1 atom stereocenters. The van der Waals surface area contributed by atoms with Gasteiger partial charge in [-0.3, -0.25) is 29.4 Å². The number of carbonyl (C=O) groups excluding carboxylic acids is 4. The van der Waals surface area contributed by atoms with E-state index in [-0.39, 0.29) is 36.6 Å². The number of pyridine rings is 2. The molecule has 64 heavy (non-hydrogen) atoms. The number of benzene rings is 1. The summed E-state index contributed by atoms with van der Waals surface area (Å²) in [5.41, 5.74) is 1.31. The zero-order chi connectivity index (χ0) is 44.5. The monoisotopic (exact) mass is 881 g/mol. The van der Waals surface area contributed by atoms with Crippen molar-refractivity contribution in [3.05, 3.63) is 76.9 Å². The van der Waals surface area contributed by atoms with Gasteiger partial charge in [0.15, 0.2) is 5.69 Å². The smallest absolute Gasteiger partial charge is 0.372 e. The molecule has 18 heteroatoms. The quantitative estimate of drug-likeness (QED) is 0.218. The van der Waals surface area contributed by atoms with Crippen molar-refractivity contribution >= 4 is 52.3 Å². The van der Waals surface area contributed by atoms with Crippen LogP contribution >= 0.6 is 0 Å². The highest BCUT2D eigenvalue weighted by atomic mass is 19.4. The minimum absolute atomic E-state index is 0.140. The highest BCUT2D eigenvalue weighted by Crippen LogP contribution is 2.39. The Morgan fingerprint density at radius 3 is 2.17 bits per heavy atom. The molecule has 0 radical (unpaired) electrons. The lowest BCUT2D eigenvalue weighted by Crippen LogP contribution is -2.54. The van der Waals surface area contributed by atoms with E-state index in [0.29, 0.717) is 67.1 Å². The summed E-state index contributed by atoms with van der Waals surface area (Å²) >= 11 is 0. The molecular weight excluding hydrogens is 828 g/mol. The number of imide groups is 1. The van der Waals surface area contributed by atoms with Gasteiger partial charge < -0.3 is 29.8 Å². The third-order valence-corrected chi connectivity index (χ3v) is 14.2. The number of amides is 4. The molecule has 6 aliphatic rings. The van der Waals surface area contributed by atoms with Gasteiger partial charge in [-0.15, -0.1) is 0 Å². The molecule has 9 rings (SSSR count). The number of hydrogen-bond acceptors (Lipinski definition) is 11. The van der Waals surface area contributed by atoms with E-state index in [2.05, 4.69) is 40.1 Å². The van der Waals surface area contributed by atoms with E-state index in [0.717, 1.165) is 102 Å². The molecule has 1 aromatic carbocycles. The van der Waals surface area contributed by atoms with Crippen LogP contribution < -0.4 is 25.3 Å². The molecule has 3 aromatic rings. The molecular formula is C46H54F3N11O4. The van der Waals surface area contributed by atoms with Crippen molar-refractivity contribution in [2.45, 2.75) is 76.2 Å². The van der Waals surface area contributed by atoms with E-state index in [1.54, 1.807) is 4.90 Å². The highest BCUT2D eigenvalue weighted by molar-refractivity contribution is 6.05. The standard InChI is InChI=1S/C46H54F3N11O4/c1-50-37-5-2-33(26-36(37)46(47,48)49)56-18-12-31(13-19-56)43(62)53-40-7-3-34(27-51-40)57-16-10-30(11-17-57)28-55-22-24-58(25-23-55)32-14-20-59(21-15-32)41-8-4-35-38(52-41)29-60(45(35)64)39-6-9-42(61)54-44(39)63/h2-5,7-8,26-27,30-32,39H,6,9-25,28-29H2,(H,51,53,62)(H,54,61,63). The average Bonchev–Trinajstić information content (AvgIpc) is 3.64. The Hall–Kier alpha value is -5.80. The third kappa shape index (κ3) is 9.37. The van der Waals surface area contributed by atoms with Gasteiger partial charge >= 0.3 is 6.18 Å². The molecule has 0 aliphatic carbocycles. The molecule has 8 heterocycles. The molecule has 0 spiro atoms. The first-order chi connectivity index (χ1) is 30.9. The van der Waals surface area contributed by atoms with E-state index < -0.39 is 29.4 Å². The lowest BCUT2D eigenvalue weighted by Gasteiger charge is -2.44. The number of hydrogen-bond donors (Lipinski definition) is 2. The minimum atomic E-state index is -4.61. The molecule has 5 fully saturated rings. The van der Waals surface area contributed by atoms with Crippen molar-refractivity contribution in [2.24, 2.45) is 11.8 Å². The number of aromatic nitrogens is 2. The van der Waals surface area contributed by atoms with Crippen LogP contribution in [0.2, 0.25) is 0 Å². The maximum Gasteiger partial charge on any atom is 0.407 e. The largest absolute Gasteiger partial charge is 0.407 e. The van der Waals surface area contributed by atoms with Crippen molar-refractivity contribution in [1.82, 2.24) is 30.0 Å². The lowest BCUT2D eigenvalue weighted by atomic mass is 9.95. The van der Waals surface area contributed by atoms with Crippen molar-refractivity contribution < 1.29 is 32.3 Å². The Bertz CT molecular complexity index is 2270. The second-order valence-electron chi connectivity index (χ2n) is 18.0. The first-order valence-corrected chi connectivity index (χ1v) is 22.6. The Balaban J connectivity index is 0.668. The number of alkyl halides is 3. The average molecular weight is 882 g/mol. The summed E-state index contributed by atoms with van der Waals surface area (Å²) < 4.78 is 40.5. The molecule has 15 nitrogen and oxygen atoms in total. The third-order valence-electron chi connectivity index (χ3n) is 14.2. The van der Waals surface area contributed by atoms with Gasteiger partial charge in [-0.2, -0.15) is 13.2 Å². The van der Waals surface area contributed by atoms with Crippen LogP contribution in [0.25, 0.3) is 4.85 Å². The Morgan fingerprint density at radius 1 is 0.812 bits per heavy atom. The number of carbonyl (C=O) groups is 4. The second-order valence-corrected chi connectivity index (χ2v) is 18.0. The van der Waals surface area contributed by atoms with Crippen molar-refractivity contribution in [3.8, 4) is 0 Å². The summed E-state index contributed by atoms with van der Waals surface area (Å²) in [6.45, 7) is 17.3. The van der Waals surface area contributed by atoms with Crippen LogP contribution in [0.5, 0.6) is 0 Å². The summed E-state index contributed by atoms with van der Waals surface area (Å²) in [6, 6.07) is 11.3. The van der Waals surface area contributed by atoms with Crippen molar-refractivity contribution in [3.63, 3.8) is 0 Å². The van der Waals surface area contributed by atoms with E-state index in [1.165, 1.54) is 12.1 Å². The normalized spacial score (nSPS) is 22.4. The van der Waals surface area contributed by atoms with Crippen LogP contribution in [0.3, 0.4) is 0 Å². The fourth-order valence-electron chi connectivity index (χ4n) is 10.4. The molecule has 4 amide bonds. The number of rotatable bonds is 9. The van der Waals surface area contributed by atoms with Gasteiger partial charge in [0.2, 0.25) is 17.7 Å². The fourth-order valence-corrected chi connectivity index (χ4v) is 10.4. The summed E-state index contributed by atoms with van der Waals surface area (Å²) in [5.74, 6) is 0.667. The molecule has 6 aliphatic heterocycles. The van der Waals surface area contributed by atoms with Crippen LogP contribution in [0.1, 0.15) is 73.0 Å². The predicted molar refractivity (Wildman–Crippen MR) is 234 cm³/mol. The molecule has 338 valence electrons. The zero-order valence-electron chi connectivity index (χ0n) is 35.9. The number of anilines is 4. The van der Waals surface area contributed by atoms with Crippen LogP contribution in [-0.4, -0.2) is 132 Å². The maximum absolute atomic E-state index is 13.5. The Labute approximate surface area is 370 Å².